The lowest BCUT2D eigenvalue weighted by Crippen LogP contribution is -2.41. The van der Waals surface area contributed by atoms with Crippen molar-refractivity contribution in [1.29, 1.82) is 0 Å². The number of carbonyl (C=O) groups excluding carboxylic acids is 2. The Balaban J connectivity index is 1.39. The van der Waals surface area contributed by atoms with Crippen molar-refractivity contribution in [2.45, 2.75) is 12.8 Å². The van der Waals surface area contributed by atoms with Crippen LogP contribution in [0.25, 0.3) is 5.82 Å². The first-order valence-electron chi connectivity index (χ1n) is 9.39. The molecule has 0 radical (unpaired) electrons. The van der Waals surface area contributed by atoms with Crippen LogP contribution < -0.4 is 16.0 Å². The molecule has 9 heteroatoms. The van der Waals surface area contributed by atoms with Crippen molar-refractivity contribution in [3.8, 4) is 5.82 Å². The molecule has 1 unspecified atom stereocenters. The van der Waals surface area contributed by atoms with Crippen molar-refractivity contribution < 1.29 is 9.59 Å². The molecular formula is C20H21N7O2. The molecule has 4 rings (SSSR count). The maximum atomic E-state index is 12.7. The van der Waals surface area contributed by atoms with Crippen LogP contribution in [0.5, 0.6) is 0 Å². The summed E-state index contributed by atoms with van der Waals surface area (Å²) in [7, 11) is 0. The summed E-state index contributed by atoms with van der Waals surface area (Å²) < 4.78 is 1.65. The largest absolute Gasteiger partial charge is 0.366 e. The average molecular weight is 391 g/mol. The van der Waals surface area contributed by atoms with E-state index in [-0.39, 0.29) is 11.8 Å². The van der Waals surface area contributed by atoms with Crippen molar-refractivity contribution in [2.24, 2.45) is 11.7 Å². The van der Waals surface area contributed by atoms with E-state index >= 15 is 0 Å². The van der Waals surface area contributed by atoms with Gasteiger partial charge >= 0.3 is 0 Å². The zero-order valence-electron chi connectivity index (χ0n) is 15.7. The van der Waals surface area contributed by atoms with Crippen LogP contribution in [-0.2, 0) is 4.79 Å². The molecule has 9 nitrogen and oxygen atoms in total. The smallest absolute Gasteiger partial charge is 0.248 e. The summed E-state index contributed by atoms with van der Waals surface area (Å²) in [6.45, 7) is 1.40. The molecule has 1 aliphatic heterocycles. The first-order valence-corrected chi connectivity index (χ1v) is 9.39. The standard InChI is InChI=1S/C20H21N7O2/c21-19(28)14-4-6-16(7-5-14)23-20(29)15-3-1-11-26(13-15)17-8-9-18(25-24-17)27-12-2-10-22-27/h2,4-10,12,15H,1,3,11,13H2,(H2,21,28)(H,23,29). The number of aromatic nitrogens is 4. The second kappa shape index (κ2) is 8.09. The number of nitrogens with one attached hydrogen (secondary N) is 1. The van der Waals surface area contributed by atoms with Gasteiger partial charge in [-0.15, -0.1) is 10.2 Å². The van der Waals surface area contributed by atoms with Crippen molar-refractivity contribution in [3.63, 3.8) is 0 Å². The Hall–Kier alpha value is -3.75. The van der Waals surface area contributed by atoms with E-state index in [1.807, 2.05) is 18.2 Å². The summed E-state index contributed by atoms with van der Waals surface area (Å²) in [6.07, 6.45) is 5.19. The summed E-state index contributed by atoms with van der Waals surface area (Å²) >= 11 is 0. The van der Waals surface area contributed by atoms with E-state index in [1.54, 1.807) is 41.3 Å². The normalized spacial score (nSPS) is 16.4. The van der Waals surface area contributed by atoms with Gasteiger partial charge in [0.15, 0.2) is 11.6 Å². The number of piperidine rings is 1. The number of anilines is 2. The highest BCUT2D eigenvalue weighted by atomic mass is 16.2. The van der Waals surface area contributed by atoms with Gasteiger partial charge in [0.05, 0.1) is 5.92 Å². The fraction of sp³-hybridized carbons (Fsp3) is 0.250. The van der Waals surface area contributed by atoms with Crippen molar-refractivity contribution in [1.82, 2.24) is 20.0 Å². The van der Waals surface area contributed by atoms with Crippen LogP contribution >= 0.6 is 0 Å². The number of nitrogens with two attached hydrogens (primary N) is 1. The van der Waals surface area contributed by atoms with E-state index in [2.05, 4.69) is 25.5 Å². The zero-order valence-corrected chi connectivity index (χ0v) is 15.7. The van der Waals surface area contributed by atoms with E-state index in [9.17, 15) is 9.59 Å². The Morgan fingerprint density at radius 1 is 1.07 bits per heavy atom. The van der Waals surface area contributed by atoms with Crippen LogP contribution in [0.15, 0.2) is 54.9 Å². The van der Waals surface area contributed by atoms with Crippen LogP contribution in [-0.4, -0.2) is 44.9 Å². The summed E-state index contributed by atoms with van der Waals surface area (Å²) in [6, 6.07) is 12.1. The number of nitrogens with zero attached hydrogens (tertiary/aromatic N) is 5. The van der Waals surface area contributed by atoms with Gasteiger partial charge in [-0.05, 0) is 55.3 Å². The quantitative estimate of drug-likeness (QED) is 0.682. The molecule has 0 saturated carbocycles. The van der Waals surface area contributed by atoms with Gasteiger partial charge in [-0.1, -0.05) is 0 Å². The van der Waals surface area contributed by atoms with Gasteiger partial charge in [0, 0.05) is 36.7 Å². The Bertz CT molecular complexity index is 985. The Kier molecular flexibility index (Phi) is 5.19. The maximum absolute atomic E-state index is 12.7. The number of rotatable bonds is 5. The first kappa shape index (κ1) is 18.6. The summed E-state index contributed by atoms with van der Waals surface area (Å²) in [4.78, 5) is 25.9. The topological polar surface area (TPSA) is 119 Å². The van der Waals surface area contributed by atoms with E-state index in [0.29, 0.717) is 23.6 Å². The molecule has 3 heterocycles. The summed E-state index contributed by atoms with van der Waals surface area (Å²) in [5, 5.41) is 15.6. The van der Waals surface area contributed by atoms with Gasteiger partial charge in [0.2, 0.25) is 11.8 Å². The number of benzene rings is 1. The summed E-state index contributed by atoms with van der Waals surface area (Å²) in [5.41, 5.74) is 6.29. The van der Waals surface area contributed by atoms with E-state index in [4.69, 9.17) is 5.73 Å². The van der Waals surface area contributed by atoms with Gasteiger partial charge in [-0.2, -0.15) is 5.10 Å². The van der Waals surface area contributed by atoms with Crippen LogP contribution in [0, 0.1) is 5.92 Å². The third-order valence-electron chi connectivity index (χ3n) is 4.93. The number of primary amides is 1. The van der Waals surface area contributed by atoms with Gasteiger partial charge in [0.1, 0.15) is 0 Å². The highest BCUT2D eigenvalue weighted by Crippen LogP contribution is 2.23. The lowest BCUT2D eigenvalue weighted by Gasteiger charge is -2.32. The molecule has 1 atom stereocenters. The molecule has 148 valence electrons. The molecule has 3 aromatic rings. The Morgan fingerprint density at radius 2 is 1.83 bits per heavy atom. The predicted octanol–water partition coefficient (Wildman–Crippen LogP) is 1.62. The molecule has 0 bridgehead atoms. The second-order valence-electron chi connectivity index (χ2n) is 6.92. The van der Waals surface area contributed by atoms with Gasteiger partial charge in [-0.25, -0.2) is 4.68 Å². The van der Waals surface area contributed by atoms with Crippen LogP contribution in [0.1, 0.15) is 23.2 Å². The second-order valence-corrected chi connectivity index (χ2v) is 6.92. The minimum atomic E-state index is -0.495. The summed E-state index contributed by atoms with van der Waals surface area (Å²) in [5.74, 6) is 0.675. The number of hydrogen-bond acceptors (Lipinski definition) is 6. The number of hydrogen-bond donors (Lipinski definition) is 2. The van der Waals surface area contributed by atoms with E-state index in [0.717, 1.165) is 25.2 Å². The SMILES string of the molecule is NC(=O)c1ccc(NC(=O)C2CCCN(c3ccc(-n4cccn4)nn3)C2)cc1. The average Bonchev–Trinajstić information content (AvgIpc) is 3.29. The molecule has 3 N–H and O–H groups in total. The lowest BCUT2D eigenvalue weighted by molar-refractivity contribution is -0.120. The zero-order chi connectivity index (χ0) is 20.2. The molecular weight excluding hydrogens is 370 g/mol. The van der Waals surface area contributed by atoms with E-state index in [1.165, 1.54) is 0 Å². The number of carbonyl (C=O) groups is 2. The molecule has 0 spiro atoms. The van der Waals surface area contributed by atoms with E-state index < -0.39 is 5.91 Å². The third kappa shape index (κ3) is 4.23. The Morgan fingerprint density at radius 3 is 2.48 bits per heavy atom. The van der Waals surface area contributed by atoms with Crippen LogP contribution in [0.3, 0.4) is 0 Å². The molecule has 1 saturated heterocycles. The van der Waals surface area contributed by atoms with Gasteiger partial charge in [-0.3, -0.25) is 9.59 Å². The number of amides is 2. The van der Waals surface area contributed by atoms with Crippen molar-refractivity contribution in [3.05, 3.63) is 60.4 Å². The Labute approximate surface area is 167 Å². The first-order chi connectivity index (χ1) is 14.1. The highest BCUT2D eigenvalue weighted by molar-refractivity contribution is 5.95. The third-order valence-corrected chi connectivity index (χ3v) is 4.93. The fourth-order valence-electron chi connectivity index (χ4n) is 3.37. The molecule has 2 aromatic heterocycles. The molecule has 1 aromatic carbocycles. The van der Waals surface area contributed by atoms with Crippen LogP contribution in [0.2, 0.25) is 0 Å². The van der Waals surface area contributed by atoms with Gasteiger partial charge < -0.3 is 16.0 Å². The fourth-order valence-corrected chi connectivity index (χ4v) is 3.37. The predicted molar refractivity (Wildman–Crippen MR) is 108 cm³/mol. The minimum absolute atomic E-state index is 0.0531. The molecule has 2 amide bonds. The van der Waals surface area contributed by atoms with Crippen molar-refractivity contribution >= 4 is 23.3 Å². The monoisotopic (exact) mass is 391 g/mol. The maximum Gasteiger partial charge on any atom is 0.248 e. The van der Waals surface area contributed by atoms with Crippen LogP contribution in [0.4, 0.5) is 11.5 Å². The highest BCUT2D eigenvalue weighted by Gasteiger charge is 2.27. The lowest BCUT2D eigenvalue weighted by atomic mass is 9.97. The molecule has 1 aliphatic rings. The molecule has 29 heavy (non-hydrogen) atoms. The van der Waals surface area contributed by atoms with Gasteiger partial charge in [0.25, 0.3) is 0 Å². The molecule has 1 fully saturated rings. The molecule has 0 aliphatic carbocycles. The van der Waals surface area contributed by atoms with Crippen molar-refractivity contribution in [2.75, 3.05) is 23.3 Å². The minimum Gasteiger partial charge on any atom is -0.366 e.